The maximum atomic E-state index is 13.5. The first kappa shape index (κ1) is 43.6. The van der Waals surface area contributed by atoms with E-state index in [0.29, 0.717) is 16.8 Å². The number of halogens is 14. The van der Waals surface area contributed by atoms with Crippen molar-refractivity contribution in [3.8, 4) is 33.8 Å². The molecule has 2 aromatic carbocycles. The predicted molar refractivity (Wildman–Crippen MR) is 177 cm³/mol. The Balaban J connectivity index is 0.000000224. The molecule has 4 aromatic heterocycles. The fourth-order valence-corrected chi connectivity index (χ4v) is 5.21. The summed E-state index contributed by atoms with van der Waals surface area (Å²) in [4.78, 5) is 43.0. The van der Waals surface area contributed by atoms with Crippen molar-refractivity contribution in [2.24, 2.45) is 0 Å². The van der Waals surface area contributed by atoms with Gasteiger partial charge in [0.05, 0.1) is 11.1 Å². The highest BCUT2D eigenvalue weighted by atomic mass is 19.4. The van der Waals surface area contributed by atoms with Crippen molar-refractivity contribution in [2.45, 2.75) is 31.1 Å². The largest absolute Gasteiger partial charge is 0.484 e. The summed E-state index contributed by atoms with van der Waals surface area (Å²) in [6.07, 6.45) is -19.9. The lowest BCUT2D eigenvalue weighted by atomic mass is 10.0. The molecule has 6 rings (SSSR count). The van der Waals surface area contributed by atoms with E-state index < -0.39 is 89.2 Å². The van der Waals surface area contributed by atoms with Crippen molar-refractivity contribution in [2.75, 3.05) is 13.2 Å². The third kappa shape index (κ3) is 10.5. The third-order valence-electron chi connectivity index (χ3n) is 7.72. The van der Waals surface area contributed by atoms with Crippen LogP contribution >= 0.6 is 0 Å². The van der Waals surface area contributed by atoms with Crippen LogP contribution in [-0.2, 0) is 12.4 Å². The van der Waals surface area contributed by atoms with Gasteiger partial charge in [-0.3, -0.25) is 23.2 Å². The van der Waals surface area contributed by atoms with Gasteiger partial charge in [0, 0.05) is 23.5 Å². The standard InChI is InChI=1S/C18H10F8N2O2.C18H10F6N2O3/c19-15(20)10-5-6-28-12(7-10)27-14(18(24,25)26)13(16(28)29)9-1-3-11(4-2-9)30-8-17(21,22)23;19-17(20,21)9-29-12-3-1-11(2-4-12)14-15(18(22,23)24)25-13-7-10(8-27)5-6-26(13)16(14)28/h1-7,15H,8H2;1-8H,9H2. The van der Waals surface area contributed by atoms with E-state index >= 15 is 0 Å². The second kappa shape index (κ2) is 16.4. The molecule has 0 N–H and O–H groups in total. The summed E-state index contributed by atoms with van der Waals surface area (Å²) < 4.78 is 191. The molecule has 0 spiro atoms. The zero-order valence-corrected chi connectivity index (χ0v) is 28.8. The Hall–Kier alpha value is -6.55. The van der Waals surface area contributed by atoms with Crippen molar-refractivity contribution < 1.29 is 75.7 Å². The van der Waals surface area contributed by atoms with Gasteiger partial charge >= 0.3 is 24.7 Å². The second-order valence-electron chi connectivity index (χ2n) is 11.9. The minimum Gasteiger partial charge on any atom is -0.484 e. The lowest BCUT2D eigenvalue weighted by Crippen LogP contribution is -2.24. The highest BCUT2D eigenvalue weighted by Gasteiger charge is 2.39. The Labute approximate surface area is 318 Å². The van der Waals surface area contributed by atoms with Crippen molar-refractivity contribution >= 4 is 17.6 Å². The number of benzene rings is 2. The monoisotopic (exact) mass is 854 g/mol. The Bertz CT molecular complexity index is 2600. The number of ether oxygens (including phenoxy) is 2. The first-order chi connectivity index (χ1) is 27.4. The van der Waals surface area contributed by atoms with Crippen LogP contribution in [0.3, 0.4) is 0 Å². The van der Waals surface area contributed by atoms with Crippen LogP contribution in [-0.4, -0.2) is 50.6 Å². The number of pyridine rings is 2. The summed E-state index contributed by atoms with van der Waals surface area (Å²) in [5, 5.41) is 0. The van der Waals surface area contributed by atoms with Crippen LogP contribution in [0.1, 0.15) is 33.7 Å². The molecule has 0 radical (unpaired) electrons. The van der Waals surface area contributed by atoms with E-state index in [1.54, 1.807) is 0 Å². The Kier molecular flexibility index (Phi) is 12.1. The lowest BCUT2D eigenvalue weighted by molar-refractivity contribution is -0.154. The number of nitrogens with zero attached hydrogens (tertiary/aromatic N) is 4. The molecule has 6 aromatic rings. The SMILES string of the molecule is O=Cc1ccn2c(=O)c(-c3ccc(OCC(F)(F)F)cc3)c(C(F)(F)F)nc2c1.O=c1c(-c2ccc(OCC(F)(F)F)cc2)c(C(F)(F)F)nc2cc(C(F)F)ccn12. The molecule has 4 heterocycles. The fourth-order valence-electron chi connectivity index (χ4n) is 5.21. The normalized spacial score (nSPS) is 12.4. The predicted octanol–water partition coefficient (Wildman–Crippen LogP) is 9.39. The average molecular weight is 855 g/mol. The molecule has 0 bridgehead atoms. The first-order valence-corrected chi connectivity index (χ1v) is 16.0. The third-order valence-corrected chi connectivity index (χ3v) is 7.72. The minimum atomic E-state index is -5.10. The Morgan fingerprint density at radius 3 is 1.32 bits per heavy atom. The van der Waals surface area contributed by atoms with Gasteiger partial charge < -0.3 is 9.47 Å². The Morgan fingerprint density at radius 2 is 0.966 bits per heavy atom. The van der Waals surface area contributed by atoms with Gasteiger partial charge in [0.1, 0.15) is 29.1 Å². The van der Waals surface area contributed by atoms with Gasteiger partial charge in [-0.2, -0.15) is 52.7 Å². The van der Waals surface area contributed by atoms with Crippen molar-refractivity contribution in [1.82, 2.24) is 18.8 Å². The molecule has 0 aliphatic carbocycles. The van der Waals surface area contributed by atoms with Gasteiger partial charge in [0.2, 0.25) is 0 Å². The van der Waals surface area contributed by atoms with Crippen LogP contribution in [0.25, 0.3) is 33.5 Å². The van der Waals surface area contributed by atoms with Crippen molar-refractivity contribution in [1.29, 1.82) is 0 Å². The molecule has 0 fully saturated rings. The molecule has 0 atom stereocenters. The highest BCUT2D eigenvalue weighted by molar-refractivity contribution is 5.77. The summed E-state index contributed by atoms with van der Waals surface area (Å²) in [5.74, 6) is -0.510. The van der Waals surface area contributed by atoms with E-state index in [2.05, 4.69) is 19.4 Å². The zero-order chi connectivity index (χ0) is 43.7. The number of carbonyl (C=O) groups excluding carboxylic acids is 1. The van der Waals surface area contributed by atoms with E-state index in [-0.39, 0.29) is 33.8 Å². The minimum absolute atomic E-state index is 0.0314. The summed E-state index contributed by atoms with van der Waals surface area (Å²) in [7, 11) is 0. The van der Waals surface area contributed by atoms with Gasteiger partial charge in [-0.25, -0.2) is 18.7 Å². The number of hydrogen-bond acceptors (Lipinski definition) is 7. The average Bonchev–Trinajstić information content (AvgIpc) is 3.15. The number of aldehydes is 1. The molecule has 0 unspecified atom stereocenters. The summed E-state index contributed by atoms with van der Waals surface area (Å²) in [6, 6.07) is 11.8. The van der Waals surface area contributed by atoms with E-state index in [0.717, 1.165) is 77.5 Å². The van der Waals surface area contributed by atoms with Crippen LogP contribution in [0.15, 0.2) is 94.8 Å². The maximum absolute atomic E-state index is 13.5. The van der Waals surface area contributed by atoms with Gasteiger partial charge in [-0.15, -0.1) is 0 Å². The van der Waals surface area contributed by atoms with Crippen molar-refractivity contribution in [3.63, 3.8) is 0 Å². The van der Waals surface area contributed by atoms with Crippen LogP contribution in [0.2, 0.25) is 0 Å². The molecule has 0 amide bonds. The number of rotatable bonds is 8. The molecule has 59 heavy (non-hydrogen) atoms. The molecule has 0 saturated heterocycles. The zero-order valence-electron chi connectivity index (χ0n) is 28.8. The smallest absolute Gasteiger partial charge is 0.434 e. The van der Waals surface area contributed by atoms with Crippen LogP contribution in [0.5, 0.6) is 11.5 Å². The molecule has 9 nitrogen and oxygen atoms in total. The fraction of sp³-hybridized carbons (Fsp3) is 0.194. The molecular weight excluding hydrogens is 834 g/mol. The van der Waals surface area contributed by atoms with Crippen LogP contribution in [0, 0.1) is 0 Å². The quantitative estimate of drug-likeness (QED) is 0.111. The van der Waals surface area contributed by atoms with Gasteiger partial charge in [-0.1, -0.05) is 24.3 Å². The number of alkyl halides is 14. The number of hydrogen-bond donors (Lipinski definition) is 0. The second-order valence-corrected chi connectivity index (χ2v) is 11.9. The molecular formula is C36H20F14N4O5. The molecule has 0 saturated carbocycles. The number of carbonyl (C=O) groups is 1. The molecule has 0 aliphatic heterocycles. The highest BCUT2D eigenvalue weighted by Crippen LogP contribution is 2.37. The number of fused-ring (bicyclic) bond motifs is 2. The molecule has 0 aliphatic rings. The van der Waals surface area contributed by atoms with E-state index in [4.69, 9.17) is 0 Å². The van der Waals surface area contributed by atoms with Crippen molar-refractivity contribution in [3.05, 3.63) is 128 Å². The maximum Gasteiger partial charge on any atom is 0.434 e. The van der Waals surface area contributed by atoms with Gasteiger partial charge in [-0.05, 0) is 59.7 Å². The number of aromatic nitrogens is 4. The van der Waals surface area contributed by atoms with Crippen LogP contribution < -0.4 is 20.6 Å². The van der Waals surface area contributed by atoms with E-state index in [1.807, 2.05) is 0 Å². The topological polar surface area (TPSA) is 104 Å². The van der Waals surface area contributed by atoms with E-state index in [1.165, 1.54) is 6.07 Å². The van der Waals surface area contributed by atoms with E-state index in [9.17, 15) is 75.8 Å². The summed E-state index contributed by atoms with van der Waals surface area (Å²) in [6.45, 7) is -3.17. The van der Waals surface area contributed by atoms with Gasteiger partial charge in [0.25, 0.3) is 17.5 Å². The Morgan fingerprint density at radius 1 is 0.576 bits per heavy atom. The van der Waals surface area contributed by atoms with Crippen LogP contribution in [0.4, 0.5) is 61.5 Å². The summed E-state index contributed by atoms with van der Waals surface area (Å²) >= 11 is 0. The lowest BCUT2D eigenvalue weighted by Gasteiger charge is -2.14. The molecule has 23 heteroatoms. The summed E-state index contributed by atoms with van der Waals surface area (Å²) in [5.41, 5.74) is -9.06. The van der Waals surface area contributed by atoms with Gasteiger partial charge in [0.15, 0.2) is 24.6 Å². The first-order valence-electron chi connectivity index (χ1n) is 16.0. The molecule has 312 valence electrons.